The fraction of sp³-hybridized carbons (Fsp3) is 0.462. The fourth-order valence-corrected chi connectivity index (χ4v) is 1.64. The number of nitrogens with zero attached hydrogens (tertiary/aromatic N) is 1. The third kappa shape index (κ3) is 4.34. The van der Waals surface area contributed by atoms with E-state index in [2.05, 4.69) is 5.32 Å². The number of carbonyl (C=O) groups is 1. The van der Waals surface area contributed by atoms with Gasteiger partial charge < -0.3 is 16.0 Å². The van der Waals surface area contributed by atoms with Gasteiger partial charge in [0.15, 0.2) is 0 Å². The lowest BCUT2D eigenvalue weighted by Crippen LogP contribution is -2.35. The van der Waals surface area contributed by atoms with Crippen molar-refractivity contribution >= 4 is 17.3 Å². The zero-order chi connectivity index (χ0) is 12.8. The second kappa shape index (κ2) is 6.13. The molecule has 3 N–H and O–H groups in total. The topological polar surface area (TPSA) is 58.4 Å². The summed E-state index contributed by atoms with van der Waals surface area (Å²) < 4.78 is 0. The molecular formula is C13H21N3O. The van der Waals surface area contributed by atoms with E-state index in [9.17, 15) is 4.79 Å². The van der Waals surface area contributed by atoms with Crippen molar-refractivity contribution in [2.75, 3.05) is 30.8 Å². The molecule has 0 aliphatic rings. The average Bonchev–Trinajstić information content (AvgIpc) is 2.25. The van der Waals surface area contributed by atoms with E-state index in [1.807, 2.05) is 44.0 Å². The molecule has 0 bridgehead atoms. The van der Waals surface area contributed by atoms with Crippen molar-refractivity contribution in [2.24, 2.45) is 0 Å². The van der Waals surface area contributed by atoms with Crippen LogP contribution >= 0.6 is 0 Å². The van der Waals surface area contributed by atoms with E-state index >= 15 is 0 Å². The summed E-state index contributed by atoms with van der Waals surface area (Å²) in [4.78, 5) is 13.5. The van der Waals surface area contributed by atoms with Crippen molar-refractivity contribution in [3.63, 3.8) is 0 Å². The SMILES string of the molecule is CCCNC(=O)CN(C)c1cc(C)cc(N)c1. The quantitative estimate of drug-likeness (QED) is 0.761. The molecule has 0 heterocycles. The van der Waals surface area contributed by atoms with Crippen LogP contribution in [0.25, 0.3) is 0 Å². The number of rotatable bonds is 5. The minimum absolute atomic E-state index is 0.0365. The van der Waals surface area contributed by atoms with Gasteiger partial charge in [-0.05, 0) is 37.1 Å². The average molecular weight is 235 g/mol. The number of likely N-dealkylation sites (N-methyl/N-ethyl adjacent to an activating group) is 1. The Morgan fingerprint density at radius 2 is 2.12 bits per heavy atom. The molecule has 94 valence electrons. The molecule has 1 rings (SSSR count). The van der Waals surface area contributed by atoms with Gasteiger partial charge in [0.2, 0.25) is 5.91 Å². The van der Waals surface area contributed by atoms with Crippen LogP contribution in [0.3, 0.4) is 0 Å². The van der Waals surface area contributed by atoms with Crippen LogP contribution in [0.15, 0.2) is 18.2 Å². The van der Waals surface area contributed by atoms with E-state index in [-0.39, 0.29) is 5.91 Å². The second-order valence-corrected chi connectivity index (χ2v) is 4.31. The Hall–Kier alpha value is -1.71. The lowest BCUT2D eigenvalue weighted by atomic mass is 10.2. The van der Waals surface area contributed by atoms with E-state index in [0.29, 0.717) is 6.54 Å². The van der Waals surface area contributed by atoms with Crippen molar-refractivity contribution in [1.82, 2.24) is 5.32 Å². The molecule has 4 heteroatoms. The summed E-state index contributed by atoms with van der Waals surface area (Å²) in [5.41, 5.74) is 8.57. The number of hydrogen-bond acceptors (Lipinski definition) is 3. The zero-order valence-corrected chi connectivity index (χ0v) is 10.8. The monoisotopic (exact) mass is 235 g/mol. The maximum atomic E-state index is 11.6. The number of nitrogens with one attached hydrogen (secondary N) is 1. The number of aryl methyl sites for hydroxylation is 1. The van der Waals surface area contributed by atoms with Crippen LogP contribution < -0.4 is 16.0 Å². The number of amides is 1. The smallest absolute Gasteiger partial charge is 0.239 e. The van der Waals surface area contributed by atoms with Gasteiger partial charge in [-0.2, -0.15) is 0 Å². The highest BCUT2D eigenvalue weighted by atomic mass is 16.2. The van der Waals surface area contributed by atoms with Crippen LogP contribution in [0.2, 0.25) is 0 Å². The molecule has 0 aliphatic carbocycles. The van der Waals surface area contributed by atoms with Gasteiger partial charge in [0, 0.05) is 25.0 Å². The minimum Gasteiger partial charge on any atom is -0.399 e. The highest BCUT2D eigenvalue weighted by Gasteiger charge is 2.07. The third-order valence-electron chi connectivity index (χ3n) is 2.48. The van der Waals surface area contributed by atoms with Crippen molar-refractivity contribution in [1.29, 1.82) is 0 Å². The van der Waals surface area contributed by atoms with Gasteiger partial charge in [-0.15, -0.1) is 0 Å². The van der Waals surface area contributed by atoms with Crippen LogP contribution in [0, 0.1) is 6.92 Å². The predicted octanol–water partition coefficient (Wildman–Crippen LogP) is 1.54. The summed E-state index contributed by atoms with van der Waals surface area (Å²) in [6, 6.07) is 5.80. The summed E-state index contributed by atoms with van der Waals surface area (Å²) in [5, 5.41) is 2.85. The highest BCUT2D eigenvalue weighted by Crippen LogP contribution is 2.18. The maximum Gasteiger partial charge on any atom is 0.239 e. The summed E-state index contributed by atoms with van der Waals surface area (Å²) >= 11 is 0. The Bertz CT molecular complexity index is 370. The van der Waals surface area contributed by atoms with Crippen LogP contribution in [-0.2, 0) is 4.79 Å². The molecule has 0 atom stereocenters. The molecule has 17 heavy (non-hydrogen) atoms. The van der Waals surface area contributed by atoms with Gasteiger partial charge in [-0.25, -0.2) is 0 Å². The van der Waals surface area contributed by atoms with Gasteiger partial charge in [-0.1, -0.05) is 6.92 Å². The molecule has 0 aromatic heterocycles. The number of nitrogens with two attached hydrogens (primary N) is 1. The van der Waals surface area contributed by atoms with Crippen molar-refractivity contribution in [3.8, 4) is 0 Å². The van der Waals surface area contributed by atoms with Crippen molar-refractivity contribution in [2.45, 2.75) is 20.3 Å². The van der Waals surface area contributed by atoms with Gasteiger partial charge in [0.05, 0.1) is 6.54 Å². The normalized spacial score (nSPS) is 10.1. The Morgan fingerprint density at radius 3 is 2.71 bits per heavy atom. The maximum absolute atomic E-state index is 11.6. The first-order valence-electron chi connectivity index (χ1n) is 5.88. The van der Waals surface area contributed by atoms with Gasteiger partial charge >= 0.3 is 0 Å². The Balaban J connectivity index is 2.63. The minimum atomic E-state index is 0.0365. The molecule has 1 aromatic carbocycles. The summed E-state index contributed by atoms with van der Waals surface area (Å²) in [5.74, 6) is 0.0365. The summed E-state index contributed by atoms with van der Waals surface area (Å²) in [6.45, 7) is 5.10. The first kappa shape index (κ1) is 13.4. The van der Waals surface area contributed by atoms with Gasteiger partial charge in [0.1, 0.15) is 0 Å². The standard InChI is InChI=1S/C13H21N3O/c1-4-5-15-13(17)9-16(3)12-7-10(2)6-11(14)8-12/h6-8H,4-5,9,14H2,1-3H3,(H,15,17). The largest absolute Gasteiger partial charge is 0.399 e. The predicted molar refractivity (Wildman–Crippen MR) is 72.2 cm³/mol. The molecular weight excluding hydrogens is 214 g/mol. The van der Waals surface area contributed by atoms with Crippen LogP contribution in [-0.4, -0.2) is 26.0 Å². The van der Waals surface area contributed by atoms with E-state index in [1.165, 1.54) is 0 Å². The number of benzene rings is 1. The van der Waals surface area contributed by atoms with Crippen molar-refractivity contribution < 1.29 is 4.79 Å². The van der Waals surface area contributed by atoms with Gasteiger partial charge in [0.25, 0.3) is 0 Å². The molecule has 0 saturated heterocycles. The van der Waals surface area contributed by atoms with Crippen LogP contribution in [0.5, 0.6) is 0 Å². The van der Waals surface area contributed by atoms with E-state index in [4.69, 9.17) is 5.73 Å². The second-order valence-electron chi connectivity index (χ2n) is 4.31. The van der Waals surface area contributed by atoms with Gasteiger partial charge in [-0.3, -0.25) is 4.79 Å². The molecule has 1 aromatic rings. The van der Waals surface area contributed by atoms with Crippen LogP contribution in [0.4, 0.5) is 11.4 Å². The number of nitrogen functional groups attached to an aromatic ring is 1. The number of hydrogen-bond donors (Lipinski definition) is 2. The molecule has 0 saturated carbocycles. The number of anilines is 2. The lowest BCUT2D eigenvalue weighted by Gasteiger charge is -2.19. The molecule has 0 unspecified atom stereocenters. The molecule has 0 radical (unpaired) electrons. The Morgan fingerprint density at radius 1 is 1.41 bits per heavy atom. The molecule has 4 nitrogen and oxygen atoms in total. The highest BCUT2D eigenvalue weighted by molar-refractivity contribution is 5.81. The Labute approximate surface area is 103 Å². The zero-order valence-electron chi connectivity index (χ0n) is 10.8. The van der Waals surface area contributed by atoms with Crippen LogP contribution in [0.1, 0.15) is 18.9 Å². The van der Waals surface area contributed by atoms with E-state index in [0.717, 1.165) is 29.9 Å². The third-order valence-corrected chi connectivity index (χ3v) is 2.48. The first-order chi connectivity index (χ1) is 8.02. The fourth-order valence-electron chi connectivity index (χ4n) is 1.64. The van der Waals surface area contributed by atoms with Crippen molar-refractivity contribution in [3.05, 3.63) is 23.8 Å². The van der Waals surface area contributed by atoms with E-state index < -0.39 is 0 Å². The lowest BCUT2D eigenvalue weighted by molar-refractivity contribution is -0.119. The van der Waals surface area contributed by atoms with E-state index in [1.54, 1.807) is 0 Å². The molecule has 0 spiro atoms. The molecule has 0 fully saturated rings. The Kier molecular flexibility index (Phi) is 4.82. The summed E-state index contributed by atoms with van der Waals surface area (Å²) in [7, 11) is 1.89. The summed E-state index contributed by atoms with van der Waals surface area (Å²) in [6.07, 6.45) is 0.951. The molecule has 0 aliphatic heterocycles. The molecule has 1 amide bonds. The first-order valence-corrected chi connectivity index (χ1v) is 5.88. The number of carbonyl (C=O) groups excluding carboxylic acids is 1.